The van der Waals surface area contributed by atoms with Crippen LogP contribution in [0.15, 0.2) is 36.5 Å². The molecule has 0 bridgehead atoms. The number of aromatic carboxylic acids is 1. The van der Waals surface area contributed by atoms with Crippen LogP contribution < -0.4 is 10.6 Å². The smallest absolute Gasteiger partial charge is 0.339 e. The number of hydrogen-bond donors (Lipinski definition) is 3. The maximum atomic E-state index is 12.9. The second-order valence-electron chi connectivity index (χ2n) is 5.14. The summed E-state index contributed by atoms with van der Waals surface area (Å²) in [6, 6.07) is 6.43. The van der Waals surface area contributed by atoms with E-state index in [2.05, 4.69) is 20.7 Å². The summed E-state index contributed by atoms with van der Waals surface area (Å²) >= 11 is 0. The second kappa shape index (κ2) is 6.56. The van der Waals surface area contributed by atoms with Crippen LogP contribution in [0.3, 0.4) is 0 Å². The molecule has 9 heteroatoms. The van der Waals surface area contributed by atoms with E-state index < -0.39 is 17.7 Å². The molecule has 0 spiro atoms. The van der Waals surface area contributed by atoms with Gasteiger partial charge in [0, 0.05) is 12.1 Å². The molecule has 2 aromatic heterocycles. The molecule has 1 aromatic carbocycles. The van der Waals surface area contributed by atoms with E-state index in [9.17, 15) is 19.1 Å². The largest absolute Gasteiger partial charge is 0.478 e. The third kappa shape index (κ3) is 3.39. The van der Waals surface area contributed by atoms with Crippen molar-refractivity contribution in [3.8, 4) is 0 Å². The van der Waals surface area contributed by atoms with Gasteiger partial charge in [0.1, 0.15) is 11.4 Å². The van der Waals surface area contributed by atoms with Crippen LogP contribution in [0.5, 0.6) is 0 Å². The molecule has 0 atom stereocenters. The Morgan fingerprint density at radius 2 is 2.00 bits per heavy atom. The summed E-state index contributed by atoms with van der Waals surface area (Å²) < 4.78 is 14.2. The monoisotopic (exact) mass is 343 g/mol. The van der Waals surface area contributed by atoms with Crippen molar-refractivity contribution in [2.24, 2.45) is 0 Å². The molecule has 0 unspecified atom stereocenters. The Morgan fingerprint density at radius 1 is 1.28 bits per heavy atom. The number of amides is 1. The molecule has 25 heavy (non-hydrogen) atoms. The lowest BCUT2D eigenvalue weighted by Crippen LogP contribution is -2.13. The van der Waals surface area contributed by atoms with Crippen LogP contribution in [0.2, 0.25) is 0 Å². The highest BCUT2D eigenvalue weighted by atomic mass is 19.1. The lowest BCUT2D eigenvalue weighted by atomic mass is 10.2. The third-order valence-electron chi connectivity index (χ3n) is 3.38. The zero-order chi connectivity index (χ0) is 18.0. The fourth-order valence-corrected chi connectivity index (χ4v) is 2.27. The molecule has 0 saturated heterocycles. The molecule has 2 heterocycles. The number of anilines is 2. The van der Waals surface area contributed by atoms with Crippen molar-refractivity contribution < 1.29 is 19.1 Å². The molecule has 0 aliphatic carbocycles. The van der Waals surface area contributed by atoms with Gasteiger partial charge in [-0.05, 0) is 37.3 Å². The minimum Gasteiger partial charge on any atom is -0.478 e. The average Bonchev–Trinajstić information content (AvgIpc) is 2.97. The Labute approximate surface area is 141 Å². The second-order valence-corrected chi connectivity index (χ2v) is 5.14. The van der Waals surface area contributed by atoms with Crippen molar-refractivity contribution >= 4 is 29.2 Å². The number of aromatic nitrogens is 3. The predicted molar refractivity (Wildman–Crippen MR) is 88.5 cm³/mol. The molecular weight excluding hydrogens is 329 g/mol. The van der Waals surface area contributed by atoms with Gasteiger partial charge in [-0.15, -0.1) is 5.10 Å². The lowest BCUT2D eigenvalue weighted by Gasteiger charge is -2.05. The summed E-state index contributed by atoms with van der Waals surface area (Å²) in [7, 11) is 0. The van der Waals surface area contributed by atoms with Crippen LogP contribution in [0, 0.1) is 5.82 Å². The van der Waals surface area contributed by atoms with Crippen LogP contribution in [0.4, 0.5) is 16.0 Å². The lowest BCUT2D eigenvalue weighted by molar-refractivity contribution is 0.0698. The zero-order valence-corrected chi connectivity index (χ0v) is 13.2. The number of fused-ring (bicyclic) bond motifs is 1. The molecule has 128 valence electrons. The van der Waals surface area contributed by atoms with Crippen molar-refractivity contribution in [3.63, 3.8) is 0 Å². The number of carboxylic acids is 1. The first kappa shape index (κ1) is 16.4. The highest BCUT2D eigenvalue weighted by Gasteiger charge is 2.17. The average molecular weight is 343 g/mol. The van der Waals surface area contributed by atoms with Gasteiger partial charge in [0.05, 0.1) is 11.9 Å². The number of carboxylic acid groups (broad SMARTS) is 1. The summed E-state index contributed by atoms with van der Waals surface area (Å²) in [6.45, 7) is 2.48. The number of nitrogens with zero attached hydrogens (tertiary/aromatic N) is 3. The van der Waals surface area contributed by atoms with Gasteiger partial charge >= 0.3 is 5.97 Å². The van der Waals surface area contributed by atoms with E-state index in [1.165, 1.54) is 22.7 Å². The van der Waals surface area contributed by atoms with Gasteiger partial charge in [-0.1, -0.05) is 0 Å². The third-order valence-corrected chi connectivity index (χ3v) is 3.38. The van der Waals surface area contributed by atoms with Gasteiger partial charge < -0.3 is 10.4 Å². The van der Waals surface area contributed by atoms with Crippen LogP contribution in [-0.4, -0.2) is 38.1 Å². The molecule has 1 amide bonds. The van der Waals surface area contributed by atoms with Gasteiger partial charge in [0.15, 0.2) is 5.65 Å². The van der Waals surface area contributed by atoms with Crippen LogP contribution in [-0.2, 0) is 0 Å². The molecular formula is C16H14FN5O3. The van der Waals surface area contributed by atoms with Crippen molar-refractivity contribution in [3.05, 3.63) is 53.5 Å². The number of carbonyl (C=O) groups excluding carboxylic acids is 1. The van der Waals surface area contributed by atoms with Crippen molar-refractivity contribution in [2.75, 3.05) is 17.2 Å². The van der Waals surface area contributed by atoms with E-state index >= 15 is 0 Å². The van der Waals surface area contributed by atoms with E-state index in [-0.39, 0.29) is 22.7 Å². The highest BCUT2D eigenvalue weighted by molar-refractivity contribution is 6.03. The van der Waals surface area contributed by atoms with Crippen LogP contribution >= 0.6 is 0 Å². The number of rotatable bonds is 5. The molecule has 0 aliphatic heterocycles. The first-order chi connectivity index (χ1) is 12.0. The van der Waals surface area contributed by atoms with E-state index in [0.717, 1.165) is 12.1 Å². The molecule has 0 fully saturated rings. The highest BCUT2D eigenvalue weighted by Crippen LogP contribution is 2.18. The Kier molecular flexibility index (Phi) is 4.29. The maximum absolute atomic E-state index is 12.9. The first-order valence-corrected chi connectivity index (χ1v) is 7.42. The molecule has 0 aliphatic rings. The number of nitrogens with one attached hydrogen (secondary N) is 2. The van der Waals surface area contributed by atoms with Gasteiger partial charge in [0.25, 0.3) is 5.91 Å². The predicted octanol–water partition coefficient (Wildman–Crippen LogP) is 2.25. The minimum atomic E-state index is -1.16. The van der Waals surface area contributed by atoms with E-state index in [4.69, 9.17) is 0 Å². The molecule has 0 radical (unpaired) electrons. The fourth-order valence-electron chi connectivity index (χ4n) is 2.27. The fraction of sp³-hybridized carbons (Fsp3) is 0.125. The van der Waals surface area contributed by atoms with Crippen LogP contribution in [0.1, 0.15) is 27.6 Å². The summed E-state index contributed by atoms with van der Waals surface area (Å²) in [5, 5.41) is 18.9. The SMILES string of the molecule is CCNc1cc(C(=O)O)c2nc(NC(=O)c3ccc(F)cc3)nn2c1. The molecule has 3 N–H and O–H groups in total. The Morgan fingerprint density at radius 3 is 2.64 bits per heavy atom. The van der Waals surface area contributed by atoms with Crippen molar-refractivity contribution in [2.45, 2.75) is 6.92 Å². The van der Waals surface area contributed by atoms with E-state index in [1.54, 1.807) is 6.20 Å². The number of carbonyl (C=O) groups is 2. The maximum Gasteiger partial charge on any atom is 0.339 e. The number of hydrogen-bond acceptors (Lipinski definition) is 5. The summed E-state index contributed by atoms with van der Waals surface area (Å²) in [4.78, 5) is 27.6. The first-order valence-electron chi connectivity index (χ1n) is 7.42. The van der Waals surface area contributed by atoms with Crippen molar-refractivity contribution in [1.82, 2.24) is 14.6 Å². The molecule has 3 aromatic rings. The standard InChI is InChI=1S/C16H14FN5O3/c1-2-18-11-7-12(15(24)25)13-19-16(21-22(13)8-11)20-14(23)9-3-5-10(17)6-4-9/h3-8,18H,2H2,1H3,(H,24,25)(H,20,21,23). The Hall–Kier alpha value is -3.49. The zero-order valence-electron chi connectivity index (χ0n) is 13.2. The molecule has 8 nitrogen and oxygen atoms in total. The Balaban J connectivity index is 1.94. The topological polar surface area (TPSA) is 109 Å². The van der Waals surface area contributed by atoms with Gasteiger partial charge in [-0.3, -0.25) is 10.1 Å². The quantitative estimate of drug-likeness (QED) is 0.656. The van der Waals surface area contributed by atoms with Crippen molar-refractivity contribution in [1.29, 1.82) is 0 Å². The number of halogens is 1. The van der Waals surface area contributed by atoms with Gasteiger partial charge in [0.2, 0.25) is 5.95 Å². The summed E-state index contributed by atoms with van der Waals surface area (Å²) in [5.74, 6) is -2.19. The van der Waals surface area contributed by atoms with E-state index in [0.29, 0.717) is 12.2 Å². The molecule has 3 rings (SSSR count). The van der Waals surface area contributed by atoms with Crippen LogP contribution in [0.25, 0.3) is 5.65 Å². The molecule has 0 saturated carbocycles. The summed E-state index contributed by atoms with van der Waals surface area (Å²) in [5.41, 5.74) is 0.845. The number of benzene rings is 1. The van der Waals surface area contributed by atoms with Gasteiger partial charge in [-0.2, -0.15) is 4.98 Å². The Bertz CT molecular complexity index is 952. The number of pyridine rings is 1. The summed E-state index contributed by atoms with van der Waals surface area (Å²) in [6.07, 6.45) is 1.58. The van der Waals surface area contributed by atoms with E-state index in [1.807, 2.05) is 6.92 Å². The normalized spacial score (nSPS) is 10.6. The minimum absolute atomic E-state index is 0.0479. The van der Waals surface area contributed by atoms with Gasteiger partial charge in [-0.25, -0.2) is 13.7 Å².